The van der Waals surface area contributed by atoms with Gasteiger partial charge in [-0.15, -0.1) is 0 Å². The molecule has 0 radical (unpaired) electrons. The Hall–Kier alpha value is -1.85. The highest BCUT2D eigenvalue weighted by molar-refractivity contribution is 5.31. The van der Waals surface area contributed by atoms with Crippen LogP contribution in [0, 0.1) is 17.5 Å². The van der Waals surface area contributed by atoms with E-state index in [0.29, 0.717) is 5.56 Å². The molecule has 5 heteroatoms. The maximum Gasteiger partial charge on any atom is 0.126 e. The number of halogens is 3. The average Bonchev–Trinajstić information content (AvgIpc) is 2.49. The minimum absolute atomic E-state index is 0.0439. The Balaban J connectivity index is 2.42. The number of hydrogen-bond acceptors (Lipinski definition) is 2. The summed E-state index contributed by atoms with van der Waals surface area (Å²) in [4.78, 5) is 0. The average molecular weight is 296 g/mol. The van der Waals surface area contributed by atoms with Crippen LogP contribution in [-0.2, 0) is 11.8 Å². The van der Waals surface area contributed by atoms with E-state index in [1.807, 2.05) is 0 Å². The molecule has 0 heterocycles. The number of rotatable bonds is 5. The van der Waals surface area contributed by atoms with Crippen molar-refractivity contribution < 1.29 is 23.4 Å². The van der Waals surface area contributed by atoms with Gasteiger partial charge in [0.25, 0.3) is 0 Å². The summed E-state index contributed by atoms with van der Waals surface area (Å²) in [5.41, 5.74) is -0.706. The molecule has 2 aromatic rings. The van der Waals surface area contributed by atoms with E-state index in [1.54, 1.807) is 0 Å². The van der Waals surface area contributed by atoms with Crippen LogP contribution in [0.3, 0.4) is 0 Å². The highest BCUT2D eigenvalue weighted by Gasteiger charge is 2.32. The van der Waals surface area contributed by atoms with Crippen molar-refractivity contribution in [1.82, 2.24) is 0 Å². The standard InChI is InChI=1S/C16H15F3O2/c17-13-3-1-12(2-4-13)16(9-20,10-21)8-11-7-14(18)5-6-15(11)19/h1-7,20-21H,8-10H2. The van der Waals surface area contributed by atoms with Gasteiger partial charge in [0.1, 0.15) is 17.5 Å². The lowest BCUT2D eigenvalue weighted by Crippen LogP contribution is -2.37. The zero-order chi connectivity index (χ0) is 15.5. The SMILES string of the molecule is OCC(CO)(Cc1cc(F)ccc1F)c1ccc(F)cc1. The van der Waals surface area contributed by atoms with Crippen LogP contribution in [0.25, 0.3) is 0 Å². The summed E-state index contributed by atoms with van der Waals surface area (Å²) in [5.74, 6) is -1.68. The molecule has 0 unspecified atom stereocenters. The Morgan fingerprint density at radius 1 is 0.810 bits per heavy atom. The quantitative estimate of drug-likeness (QED) is 0.890. The van der Waals surface area contributed by atoms with Crippen LogP contribution in [0.15, 0.2) is 42.5 Å². The highest BCUT2D eigenvalue weighted by Crippen LogP contribution is 2.29. The second-order valence-corrected chi connectivity index (χ2v) is 5.02. The molecular weight excluding hydrogens is 281 g/mol. The second-order valence-electron chi connectivity index (χ2n) is 5.02. The fourth-order valence-electron chi connectivity index (χ4n) is 2.29. The molecule has 2 nitrogen and oxygen atoms in total. The van der Waals surface area contributed by atoms with Gasteiger partial charge in [-0.3, -0.25) is 0 Å². The van der Waals surface area contributed by atoms with Gasteiger partial charge in [0.05, 0.1) is 13.2 Å². The molecule has 2 rings (SSSR count). The summed E-state index contributed by atoms with van der Waals surface area (Å²) in [6, 6.07) is 8.23. The number of hydrogen-bond donors (Lipinski definition) is 2. The number of aliphatic hydroxyl groups is 2. The molecule has 0 aromatic heterocycles. The Labute approximate surface area is 120 Å². The summed E-state index contributed by atoms with van der Waals surface area (Å²) in [5, 5.41) is 19.3. The molecule has 0 atom stereocenters. The molecule has 0 bridgehead atoms. The van der Waals surface area contributed by atoms with E-state index in [0.717, 1.165) is 18.2 Å². The van der Waals surface area contributed by atoms with Gasteiger partial charge >= 0.3 is 0 Å². The molecule has 2 aromatic carbocycles. The normalized spacial score (nSPS) is 11.7. The zero-order valence-corrected chi connectivity index (χ0v) is 11.2. The lowest BCUT2D eigenvalue weighted by molar-refractivity contribution is 0.115. The molecule has 0 spiro atoms. The number of benzene rings is 2. The Morgan fingerprint density at radius 2 is 1.38 bits per heavy atom. The van der Waals surface area contributed by atoms with Gasteiger partial charge in [-0.25, -0.2) is 13.2 Å². The van der Waals surface area contributed by atoms with E-state index in [2.05, 4.69) is 0 Å². The minimum atomic E-state index is -1.21. The van der Waals surface area contributed by atoms with Crippen molar-refractivity contribution in [3.63, 3.8) is 0 Å². The van der Waals surface area contributed by atoms with E-state index >= 15 is 0 Å². The van der Waals surface area contributed by atoms with Crippen LogP contribution in [0.2, 0.25) is 0 Å². The highest BCUT2D eigenvalue weighted by atomic mass is 19.1. The fraction of sp³-hybridized carbons (Fsp3) is 0.250. The molecule has 0 aliphatic heterocycles. The molecule has 0 aliphatic carbocycles. The third-order valence-corrected chi connectivity index (χ3v) is 3.60. The van der Waals surface area contributed by atoms with E-state index in [1.165, 1.54) is 24.3 Å². The first-order chi connectivity index (χ1) is 10.0. The summed E-state index contributed by atoms with van der Waals surface area (Å²) in [6.07, 6.45) is -0.102. The van der Waals surface area contributed by atoms with Crippen molar-refractivity contribution in [2.75, 3.05) is 13.2 Å². The zero-order valence-electron chi connectivity index (χ0n) is 11.2. The molecule has 2 N–H and O–H groups in total. The van der Waals surface area contributed by atoms with Crippen LogP contribution >= 0.6 is 0 Å². The van der Waals surface area contributed by atoms with Gasteiger partial charge in [-0.1, -0.05) is 12.1 Å². The van der Waals surface area contributed by atoms with Crippen molar-refractivity contribution >= 4 is 0 Å². The van der Waals surface area contributed by atoms with Crippen LogP contribution in [-0.4, -0.2) is 23.4 Å². The van der Waals surface area contributed by atoms with E-state index < -0.39 is 36.1 Å². The molecule has 21 heavy (non-hydrogen) atoms. The Bertz CT molecular complexity index is 607. The summed E-state index contributed by atoms with van der Waals surface area (Å²) < 4.78 is 40.0. The smallest absolute Gasteiger partial charge is 0.126 e. The molecule has 0 amide bonds. The molecule has 0 saturated carbocycles. The van der Waals surface area contributed by atoms with E-state index in [4.69, 9.17) is 0 Å². The van der Waals surface area contributed by atoms with Gasteiger partial charge in [0, 0.05) is 5.41 Å². The molecule has 0 saturated heterocycles. The van der Waals surface area contributed by atoms with Crippen LogP contribution in [0.5, 0.6) is 0 Å². The van der Waals surface area contributed by atoms with E-state index in [9.17, 15) is 23.4 Å². The van der Waals surface area contributed by atoms with Crippen molar-refractivity contribution in [3.05, 3.63) is 71.0 Å². The monoisotopic (exact) mass is 296 g/mol. The third kappa shape index (κ3) is 3.25. The van der Waals surface area contributed by atoms with Crippen molar-refractivity contribution in [3.8, 4) is 0 Å². The van der Waals surface area contributed by atoms with Crippen LogP contribution in [0.1, 0.15) is 11.1 Å². The topological polar surface area (TPSA) is 40.5 Å². The molecular formula is C16H15F3O2. The third-order valence-electron chi connectivity index (χ3n) is 3.60. The van der Waals surface area contributed by atoms with Crippen molar-refractivity contribution in [2.24, 2.45) is 0 Å². The van der Waals surface area contributed by atoms with E-state index in [-0.39, 0.29) is 12.0 Å². The van der Waals surface area contributed by atoms with Gasteiger partial charge in [0.15, 0.2) is 0 Å². The van der Waals surface area contributed by atoms with Gasteiger partial charge in [-0.2, -0.15) is 0 Å². The molecule has 0 fully saturated rings. The summed E-state index contributed by atoms with van der Waals surface area (Å²) in [6.45, 7) is -0.962. The lowest BCUT2D eigenvalue weighted by Gasteiger charge is -2.30. The van der Waals surface area contributed by atoms with Crippen molar-refractivity contribution in [2.45, 2.75) is 11.8 Å². The van der Waals surface area contributed by atoms with Gasteiger partial charge < -0.3 is 10.2 Å². The predicted molar refractivity (Wildman–Crippen MR) is 72.3 cm³/mol. The summed E-state index contributed by atoms with van der Waals surface area (Å²) >= 11 is 0. The largest absolute Gasteiger partial charge is 0.395 e. The van der Waals surface area contributed by atoms with Crippen LogP contribution < -0.4 is 0 Å². The van der Waals surface area contributed by atoms with Crippen LogP contribution in [0.4, 0.5) is 13.2 Å². The number of aliphatic hydroxyl groups excluding tert-OH is 2. The second kappa shape index (κ2) is 6.28. The predicted octanol–water partition coefficient (Wildman–Crippen LogP) is 2.57. The van der Waals surface area contributed by atoms with Gasteiger partial charge in [-0.05, 0) is 47.9 Å². The Morgan fingerprint density at radius 3 is 1.95 bits per heavy atom. The minimum Gasteiger partial charge on any atom is -0.395 e. The fourth-order valence-corrected chi connectivity index (χ4v) is 2.29. The Kier molecular flexibility index (Phi) is 4.65. The first kappa shape index (κ1) is 15.5. The molecule has 112 valence electrons. The van der Waals surface area contributed by atoms with Gasteiger partial charge in [0.2, 0.25) is 0 Å². The first-order valence-electron chi connectivity index (χ1n) is 6.42. The lowest BCUT2D eigenvalue weighted by atomic mass is 9.76. The first-order valence-corrected chi connectivity index (χ1v) is 6.42. The molecule has 0 aliphatic rings. The maximum absolute atomic E-state index is 13.8. The summed E-state index contributed by atoms with van der Waals surface area (Å²) in [7, 11) is 0. The van der Waals surface area contributed by atoms with Crippen molar-refractivity contribution in [1.29, 1.82) is 0 Å². The maximum atomic E-state index is 13.8.